The number of hydrogen-bond donors (Lipinski definition) is 4. The first kappa shape index (κ1) is 13.8. The molecule has 1 atom stereocenters. The molecule has 1 unspecified atom stereocenters. The van der Waals surface area contributed by atoms with Gasteiger partial charge in [-0.05, 0) is 16.4 Å². The van der Waals surface area contributed by atoms with Crippen molar-refractivity contribution in [1.29, 1.82) is 0 Å². The minimum atomic E-state index is -1.11. The summed E-state index contributed by atoms with van der Waals surface area (Å²) in [6, 6.07) is 3.05. The van der Waals surface area contributed by atoms with Crippen molar-refractivity contribution in [3.05, 3.63) is 23.7 Å². The monoisotopic (exact) mass is 332 g/mol. The number of nitrogens with one attached hydrogen (secondary N) is 2. The second-order valence-corrected chi connectivity index (χ2v) is 5.50. The van der Waals surface area contributed by atoms with Gasteiger partial charge >= 0.3 is 0 Å². The number of aromatic amines is 1. The summed E-state index contributed by atoms with van der Waals surface area (Å²) in [4.78, 5) is 15.8. The second kappa shape index (κ2) is 5.13. The lowest BCUT2D eigenvalue weighted by Gasteiger charge is -2.11. The number of anilines is 1. The number of imidazole rings is 1. The normalized spacial score (nSPS) is 13.0. The maximum atomic E-state index is 11.2. The molecule has 0 radical (unpaired) electrons. The molecule has 0 aliphatic heterocycles. The first-order valence-corrected chi connectivity index (χ1v) is 7.08. The van der Waals surface area contributed by atoms with E-state index in [-0.39, 0.29) is 17.2 Å². The zero-order chi connectivity index (χ0) is 16.0. The fraction of sp³-hybridized carbons (Fsp3) is 0. The van der Waals surface area contributed by atoms with Crippen LogP contribution in [-0.2, 0) is 0 Å². The third-order valence-electron chi connectivity index (χ3n) is 3.09. The fourth-order valence-electron chi connectivity index (χ4n) is 2.10. The second-order valence-electron chi connectivity index (χ2n) is 4.47. The highest BCUT2D eigenvalue weighted by molar-refractivity contribution is 7.99. The van der Waals surface area contributed by atoms with Crippen LogP contribution < -0.4 is 11.0 Å². The van der Waals surface area contributed by atoms with Crippen LogP contribution in [0.25, 0.3) is 22.2 Å². The smallest absolute Gasteiger partial charge is 0.223 e. The van der Waals surface area contributed by atoms with Crippen LogP contribution in [0, 0.1) is 5.21 Å². The Morgan fingerprint density at radius 1 is 1.26 bits per heavy atom. The third kappa shape index (κ3) is 2.25. The first-order valence-electron chi connectivity index (χ1n) is 6.26. The summed E-state index contributed by atoms with van der Waals surface area (Å²) >= 11 is 1.23. The molecule has 1 aromatic carbocycles. The molecular formula is C11H8N8O3S. The van der Waals surface area contributed by atoms with Gasteiger partial charge in [0.2, 0.25) is 5.95 Å². The highest BCUT2D eigenvalue weighted by atomic mass is 32.2. The molecule has 5 N–H and O–H groups in total. The maximum Gasteiger partial charge on any atom is 0.223 e. The van der Waals surface area contributed by atoms with E-state index in [0.717, 1.165) is 0 Å². The number of nitrogens with two attached hydrogens (primary N) is 1. The van der Waals surface area contributed by atoms with Gasteiger partial charge in [-0.1, -0.05) is 11.8 Å². The number of nitrogens with zero attached hydrogens (tertiary/aromatic N) is 5. The number of hydrogen-bond acceptors (Lipinski definition) is 10. The Morgan fingerprint density at radius 3 is 2.91 bits per heavy atom. The fourth-order valence-corrected chi connectivity index (χ4v) is 3.07. The highest BCUT2D eigenvalue weighted by Crippen LogP contribution is 2.35. The van der Waals surface area contributed by atoms with Gasteiger partial charge in [0.15, 0.2) is 22.4 Å². The van der Waals surface area contributed by atoms with Gasteiger partial charge in [0.05, 0.1) is 6.33 Å². The zero-order valence-corrected chi connectivity index (χ0v) is 12.0. The summed E-state index contributed by atoms with van der Waals surface area (Å²) in [6.45, 7) is 0. The van der Waals surface area contributed by atoms with Gasteiger partial charge in [-0.25, -0.2) is 19.8 Å². The van der Waals surface area contributed by atoms with E-state index in [2.05, 4.69) is 34.9 Å². The van der Waals surface area contributed by atoms with E-state index in [9.17, 15) is 5.21 Å². The molecule has 0 bridgehead atoms. The van der Waals surface area contributed by atoms with Crippen LogP contribution in [0.4, 0.5) is 11.6 Å². The Bertz CT molecular complexity index is 1010. The summed E-state index contributed by atoms with van der Waals surface area (Å²) in [5.74, 6) is 0.0868. The van der Waals surface area contributed by atoms with Gasteiger partial charge in [-0.15, -0.1) is 0 Å². The summed E-state index contributed by atoms with van der Waals surface area (Å²) in [7, 11) is 0. The molecule has 3 heterocycles. The van der Waals surface area contributed by atoms with Gasteiger partial charge in [-0.2, -0.15) is 10.2 Å². The number of fused-ring (bicyclic) bond motifs is 2. The molecule has 4 rings (SSSR count). The van der Waals surface area contributed by atoms with Gasteiger partial charge < -0.3 is 15.9 Å². The molecule has 0 saturated carbocycles. The largest absolute Gasteiger partial charge is 0.595 e. The number of rotatable bonds is 3. The van der Waals surface area contributed by atoms with Crippen molar-refractivity contribution in [3.63, 3.8) is 0 Å². The van der Waals surface area contributed by atoms with Crippen molar-refractivity contribution >= 4 is 45.6 Å². The minimum Gasteiger partial charge on any atom is -0.595 e. The molecule has 0 aliphatic rings. The topological polar surface area (TPSA) is 167 Å². The van der Waals surface area contributed by atoms with E-state index in [1.807, 2.05) is 0 Å². The third-order valence-corrected chi connectivity index (χ3v) is 4.12. The Kier molecular flexibility index (Phi) is 3.09. The van der Waals surface area contributed by atoms with Crippen molar-refractivity contribution in [2.24, 2.45) is 0 Å². The average Bonchev–Trinajstić information content (AvgIpc) is 3.15. The van der Waals surface area contributed by atoms with E-state index < -0.39 is 5.23 Å². The van der Waals surface area contributed by atoms with Crippen LogP contribution in [0.5, 0.6) is 0 Å². The SMILES string of the molecule is Nc1nc(Sc2ccc([NH+]([O-])O)c3nonc23)c2[nH]cnc2n1. The van der Waals surface area contributed by atoms with Crippen LogP contribution >= 0.6 is 11.8 Å². The quantitative estimate of drug-likeness (QED) is 0.296. The summed E-state index contributed by atoms with van der Waals surface area (Å²) in [6.07, 6.45) is 1.49. The van der Waals surface area contributed by atoms with Crippen LogP contribution in [0.3, 0.4) is 0 Å². The molecule has 23 heavy (non-hydrogen) atoms. The highest BCUT2D eigenvalue weighted by Gasteiger charge is 2.19. The van der Waals surface area contributed by atoms with E-state index in [0.29, 0.717) is 26.6 Å². The van der Waals surface area contributed by atoms with E-state index in [4.69, 9.17) is 10.9 Å². The molecule has 12 heteroatoms. The molecule has 3 aromatic heterocycles. The molecule has 0 spiro atoms. The molecule has 0 fully saturated rings. The number of H-pyrrole nitrogens is 1. The van der Waals surface area contributed by atoms with Gasteiger partial charge in [0.1, 0.15) is 10.5 Å². The van der Waals surface area contributed by atoms with Crippen LogP contribution in [0.1, 0.15) is 0 Å². The van der Waals surface area contributed by atoms with Crippen molar-refractivity contribution in [2.45, 2.75) is 9.92 Å². The molecule has 11 nitrogen and oxygen atoms in total. The van der Waals surface area contributed by atoms with E-state index in [1.165, 1.54) is 24.2 Å². The van der Waals surface area contributed by atoms with Crippen LogP contribution in [0.15, 0.2) is 33.0 Å². The summed E-state index contributed by atoms with van der Waals surface area (Å²) < 4.78 is 4.68. The molecule has 0 saturated heterocycles. The van der Waals surface area contributed by atoms with Crippen molar-refractivity contribution < 1.29 is 15.1 Å². The van der Waals surface area contributed by atoms with Crippen LogP contribution in [0.2, 0.25) is 0 Å². The van der Waals surface area contributed by atoms with Gasteiger partial charge in [-0.3, -0.25) is 0 Å². The van der Waals surface area contributed by atoms with Crippen LogP contribution in [-0.4, -0.2) is 35.5 Å². The Labute approximate surface area is 131 Å². The number of aromatic nitrogens is 6. The lowest BCUT2D eigenvalue weighted by molar-refractivity contribution is -0.990. The molecule has 0 aliphatic carbocycles. The molecule has 0 amide bonds. The zero-order valence-electron chi connectivity index (χ0n) is 11.2. The standard InChI is InChI=1S/C11H8N8O3S/c12-11-15-9-8(13-3-14-9)10(16-11)23-5-2-1-4(19(20)21)6-7(5)18-22-17-6/h1-3,19-20H,(H3,12,13,14,15,16). The van der Waals surface area contributed by atoms with E-state index in [1.54, 1.807) is 6.07 Å². The summed E-state index contributed by atoms with van der Waals surface area (Å²) in [5.41, 5.74) is 7.26. The number of quaternary nitrogens is 1. The molecular weight excluding hydrogens is 324 g/mol. The molecule has 116 valence electrons. The van der Waals surface area contributed by atoms with Crippen molar-refractivity contribution in [2.75, 3.05) is 5.73 Å². The van der Waals surface area contributed by atoms with Gasteiger partial charge in [0, 0.05) is 11.0 Å². The lowest BCUT2D eigenvalue weighted by Crippen LogP contribution is -2.99. The predicted octanol–water partition coefficient (Wildman–Crippen LogP) is 0.0259. The maximum absolute atomic E-state index is 11.2. The first-order chi connectivity index (χ1) is 11.1. The molecule has 4 aromatic rings. The average molecular weight is 332 g/mol. The Morgan fingerprint density at radius 2 is 2.09 bits per heavy atom. The van der Waals surface area contributed by atoms with Crippen molar-refractivity contribution in [3.8, 4) is 0 Å². The summed E-state index contributed by atoms with van der Waals surface area (Å²) in [5, 5.41) is 27.2. The number of benzene rings is 1. The minimum absolute atomic E-state index is 0.0134. The van der Waals surface area contributed by atoms with Crippen molar-refractivity contribution in [1.82, 2.24) is 30.2 Å². The Balaban J connectivity index is 1.85. The van der Waals surface area contributed by atoms with E-state index >= 15 is 0 Å². The van der Waals surface area contributed by atoms with Gasteiger partial charge in [0.25, 0.3) is 0 Å². The number of nitrogen functional groups attached to an aromatic ring is 1. The lowest BCUT2D eigenvalue weighted by atomic mass is 10.3. The Hall–Kier alpha value is -2.80. The predicted molar refractivity (Wildman–Crippen MR) is 77.8 cm³/mol.